The molecule has 0 saturated heterocycles. The van der Waals surface area contributed by atoms with Crippen LogP contribution in [-0.4, -0.2) is 22.3 Å². The highest BCUT2D eigenvalue weighted by molar-refractivity contribution is 6.80. The topological polar surface area (TPSA) is 9.23 Å². The Morgan fingerprint density at radius 1 is 1.25 bits per heavy atom. The van der Waals surface area contributed by atoms with Crippen LogP contribution >= 0.6 is 0 Å². The van der Waals surface area contributed by atoms with E-state index in [1.165, 1.54) is 6.04 Å². The molecule has 0 aliphatic carbocycles. The smallest absolute Gasteiger partial charge is 0.171 e. The minimum Gasteiger partial charge on any atom is -0.418 e. The van der Waals surface area contributed by atoms with Crippen molar-refractivity contribution in [1.29, 1.82) is 0 Å². The Bertz CT molecular complexity index is 141. The van der Waals surface area contributed by atoms with Gasteiger partial charge in [-0.3, -0.25) is 0 Å². The van der Waals surface area contributed by atoms with Crippen molar-refractivity contribution < 1.29 is 4.43 Å². The van der Waals surface area contributed by atoms with Gasteiger partial charge in [0.2, 0.25) is 0 Å². The summed E-state index contributed by atoms with van der Waals surface area (Å²) in [5.41, 5.74) is 0. The highest BCUT2D eigenvalue weighted by Gasteiger charge is 2.38. The summed E-state index contributed by atoms with van der Waals surface area (Å²) in [4.78, 5) is 0. The highest BCUT2D eigenvalue weighted by atomic mass is 28.3. The second-order valence-electron chi connectivity index (χ2n) is 4.91. The largest absolute Gasteiger partial charge is 0.418 e. The molecule has 0 aromatic carbocycles. The van der Waals surface area contributed by atoms with Gasteiger partial charge in [0, 0.05) is 5.22 Å². The zero-order valence-electron chi connectivity index (χ0n) is 9.69. The summed E-state index contributed by atoms with van der Waals surface area (Å²) in [5.74, 6) is 0. The van der Waals surface area contributed by atoms with Crippen LogP contribution in [0.1, 0.15) is 20.8 Å². The predicted molar refractivity (Wildman–Crippen MR) is 62.0 cm³/mol. The van der Waals surface area contributed by atoms with Gasteiger partial charge < -0.3 is 4.43 Å². The predicted octanol–water partition coefficient (Wildman–Crippen LogP) is 3.03. The van der Waals surface area contributed by atoms with E-state index in [2.05, 4.69) is 47.0 Å². The van der Waals surface area contributed by atoms with Crippen molar-refractivity contribution in [3.63, 3.8) is 0 Å². The van der Waals surface area contributed by atoms with Crippen molar-refractivity contribution >= 4 is 17.1 Å². The van der Waals surface area contributed by atoms with Crippen molar-refractivity contribution in [3.8, 4) is 0 Å². The summed E-state index contributed by atoms with van der Waals surface area (Å²) < 4.78 is 6.09. The first-order chi connectivity index (χ1) is 5.23. The molecule has 12 heavy (non-hydrogen) atoms. The molecule has 74 valence electrons. The van der Waals surface area contributed by atoms with Gasteiger partial charge in [-0.1, -0.05) is 26.1 Å². The fourth-order valence-corrected chi connectivity index (χ4v) is 5.19. The van der Waals surface area contributed by atoms with Crippen LogP contribution in [0.15, 0.2) is 0 Å². The molecule has 0 aliphatic rings. The molecule has 0 fully saturated rings. The van der Waals surface area contributed by atoms with Gasteiger partial charge in [0.1, 0.15) is 0 Å². The molecule has 0 rings (SSSR count). The number of hydrogen-bond donors (Lipinski definition) is 0. The van der Waals surface area contributed by atoms with Crippen LogP contribution in [0.2, 0.25) is 32.2 Å². The maximum Gasteiger partial charge on any atom is 0.171 e. The summed E-state index contributed by atoms with van der Waals surface area (Å²) in [6, 6.07) is 1.31. The lowest BCUT2D eigenvalue weighted by atomic mass is 10.5. The molecular formula is C9H24OSi2. The minimum absolute atomic E-state index is 0.169. The molecule has 0 unspecified atom stereocenters. The van der Waals surface area contributed by atoms with Crippen LogP contribution in [-0.2, 0) is 4.43 Å². The maximum atomic E-state index is 6.09. The van der Waals surface area contributed by atoms with Crippen molar-refractivity contribution in [2.45, 2.75) is 58.2 Å². The van der Waals surface area contributed by atoms with Crippen molar-refractivity contribution in [2.24, 2.45) is 0 Å². The molecule has 0 saturated carbocycles. The van der Waals surface area contributed by atoms with E-state index in [-0.39, 0.29) is 5.22 Å². The first kappa shape index (κ1) is 12.4. The summed E-state index contributed by atoms with van der Waals surface area (Å²) in [6.45, 7) is 16.2. The third-order valence-electron chi connectivity index (χ3n) is 3.04. The Hall–Kier alpha value is 0.394. The van der Waals surface area contributed by atoms with Gasteiger partial charge in [0.25, 0.3) is 0 Å². The fourth-order valence-electron chi connectivity index (χ4n) is 1.17. The molecular weight excluding hydrogens is 180 g/mol. The molecule has 0 radical (unpaired) electrons. The first-order valence-corrected chi connectivity index (χ1v) is 10.9. The van der Waals surface area contributed by atoms with Gasteiger partial charge in [-0.2, -0.15) is 0 Å². The molecule has 1 nitrogen and oxygen atoms in total. The van der Waals surface area contributed by atoms with E-state index in [1.54, 1.807) is 0 Å². The van der Waals surface area contributed by atoms with Crippen LogP contribution in [0.5, 0.6) is 0 Å². The molecule has 0 aromatic rings. The molecule has 3 heteroatoms. The quantitative estimate of drug-likeness (QED) is 0.640. The molecule has 0 atom stereocenters. The van der Waals surface area contributed by atoms with Gasteiger partial charge in [0.15, 0.2) is 9.04 Å². The van der Waals surface area contributed by atoms with Gasteiger partial charge in [0.05, 0.1) is 8.07 Å². The third-order valence-corrected chi connectivity index (χ3v) is 9.49. The van der Waals surface area contributed by atoms with E-state index in [1.807, 2.05) is 0 Å². The molecule has 0 amide bonds. The molecule has 0 aromatic heterocycles. The monoisotopic (exact) mass is 204 g/mol. The highest BCUT2D eigenvalue weighted by Crippen LogP contribution is 2.27. The Balaban J connectivity index is 4.37. The summed E-state index contributed by atoms with van der Waals surface area (Å²) >= 11 is 0. The van der Waals surface area contributed by atoms with Crippen LogP contribution in [0.25, 0.3) is 0 Å². The van der Waals surface area contributed by atoms with E-state index in [4.69, 9.17) is 4.43 Å². The second kappa shape index (κ2) is 4.07. The zero-order valence-corrected chi connectivity index (χ0v) is 11.8. The van der Waals surface area contributed by atoms with Crippen LogP contribution in [0, 0.1) is 0 Å². The first-order valence-electron chi connectivity index (χ1n) is 4.91. The van der Waals surface area contributed by atoms with Crippen LogP contribution < -0.4 is 0 Å². The lowest BCUT2D eigenvalue weighted by Gasteiger charge is -2.41. The Morgan fingerprint density at radius 3 is 1.92 bits per heavy atom. The minimum atomic E-state index is -1.16. The molecule has 0 spiro atoms. The van der Waals surface area contributed by atoms with Crippen molar-refractivity contribution in [1.82, 2.24) is 0 Å². The average molecular weight is 204 g/mol. The molecule has 0 bridgehead atoms. The number of rotatable bonds is 4. The Labute approximate surface area is 80.3 Å². The summed E-state index contributed by atoms with van der Waals surface area (Å²) in [6.07, 6.45) is 0. The molecule has 0 heterocycles. The van der Waals surface area contributed by atoms with Crippen LogP contribution in [0.4, 0.5) is 0 Å². The molecule has 0 N–H and O–H groups in total. The standard InChI is InChI=1S/C9H24OSi2/c1-8-12(6,7)9(2,3)10-11(4)5/h11H,8H2,1-7H3. The maximum absolute atomic E-state index is 6.09. The Morgan fingerprint density at radius 2 is 1.67 bits per heavy atom. The lowest BCUT2D eigenvalue weighted by Crippen LogP contribution is -2.53. The zero-order chi connectivity index (χ0) is 9.99. The lowest BCUT2D eigenvalue weighted by molar-refractivity contribution is 0.187. The summed E-state index contributed by atoms with van der Waals surface area (Å²) in [5, 5.41) is 0.169. The number of hydrogen-bond acceptors (Lipinski definition) is 1. The van der Waals surface area contributed by atoms with E-state index < -0.39 is 17.1 Å². The average Bonchev–Trinajstić information content (AvgIpc) is 1.84. The van der Waals surface area contributed by atoms with Gasteiger partial charge in [-0.25, -0.2) is 0 Å². The van der Waals surface area contributed by atoms with Gasteiger partial charge >= 0.3 is 0 Å². The van der Waals surface area contributed by atoms with Gasteiger partial charge in [-0.15, -0.1) is 0 Å². The van der Waals surface area contributed by atoms with E-state index in [0.29, 0.717) is 0 Å². The van der Waals surface area contributed by atoms with Crippen LogP contribution in [0.3, 0.4) is 0 Å². The fraction of sp³-hybridized carbons (Fsp3) is 1.00. The van der Waals surface area contributed by atoms with Crippen molar-refractivity contribution in [3.05, 3.63) is 0 Å². The summed E-state index contributed by atoms with van der Waals surface area (Å²) in [7, 11) is -2.03. The van der Waals surface area contributed by atoms with Crippen molar-refractivity contribution in [2.75, 3.05) is 0 Å². The van der Waals surface area contributed by atoms with E-state index >= 15 is 0 Å². The Kier molecular flexibility index (Phi) is 4.20. The molecule has 0 aliphatic heterocycles. The third kappa shape index (κ3) is 3.03. The normalized spacial score (nSPS) is 14.0. The second-order valence-corrected chi connectivity index (χ2v) is 12.9. The van der Waals surface area contributed by atoms with E-state index in [0.717, 1.165) is 0 Å². The van der Waals surface area contributed by atoms with Gasteiger partial charge in [-0.05, 0) is 26.9 Å². The SMILES string of the molecule is CC[Si](C)(C)C(C)(C)O[SiH](C)C. The van der Waals surface area contributed by atoms with E-state index in [9.17, 15) is 0 Å².